The lowest BCUT2D eigenvalue weighted by Crippen LogP contribution is -2.45. The molecule has 3 aliphatic heterocycles. The Morgan fingerprint density at radius 3 is 1.54 bits per heavy atom. The van der Waals surface area contributed by atoms with E-state index in [1.54, 1.807) is 18.2 Å². The van der Waals surface area contributed by atoms with Crippen LogP contribution >= 0.6 is 0 Å². The molecule has 254 valence electrons. The summed E-state index contributed by atoms with van der Waals surface area (Å²) in [5.74, 6) is -2.99. The minimum Gasteiger partial charge on any atom is -0.478 e. The molecule has 2 aliphatic carbocycles. The number of hydrogen-bond donors (Lipinski definition) is 1. The van der Waals surface area contributed by atoms with Crippen LogP contribution in [0.2, 0.25) is 0 Å². The average molecular weight is 690 g/mol. The monoisotopic (exact) mass is 689 g/mol. The largest absolute Gasteiger partial charge is 0.478 e. The number of allylic oxidation sites excluding steroid dienone is 2. The van der Waals surface area contributed by atoms with Gasteiger partial charge in [0.25, 0.3) is 0 Å². The molecule has 2 fully saturated rings. The van der Waals surface area contributed by atoms with Gasteiger partial charge in [0.15, 0.2) is 28.8 Å². The van der Waals surface area contributed by atoms with Crippen molar-refractivity contribution in [3.05, 3.63) is 149 Å². The van der Waals surface area contributed by atoms with E-state index in [0.717, 1.165) is 4.90 Å². The third-order valence-electron chi connectivity index (χ3n) is 11.1. The molecule has 5 aromatic rings. The van der Waals surface area contributed by atoms with Crippen LogP contribution in [0.25, 0.3) is 11.1 Å². The van der Waals surface area contributed by atoms with Crippen molar-refractivity contribution in [3.63, 3.8) is 0 Å². The van der Waals surface area contributed by atoms with Crippen LogP contribution in [-0.2, 0) is 25.2 Å². The van der Waals surface area contributed by atoms with E-state index in [1.165, 1.54) is 18.2 Å². The minimum absolute atomic E-state index is 0.0334. The first kappa shape index (κ1) is 30.2. The van der Waals surface area contributed by atoms with Gasteiger partial charge in [-0.2, -0.15) is 0 Å². The standard InChI is InChI=1S/C42H27NO9/c44-37-35-36(38(45)43(37)28-13-7-8-25(18-28)39(46)47)42(27-11-5-2-6-12-27)34(24-15-17-30-32(20-24)52-22-50-30)33(23-14-16-29-31(19-23)51-21-49-29)41(35,40(42)48)26-9-3-1-4-10-26/h1-20,35-36H,21-22H2,(H,46,47)/t35-,36-,41-,42+/m0/s1. The number of anilines is 1. The highest BCUT2D eigenvalue weighted by molar-refractivity contribution is 6.39. The SMILES string of the molecule is O=C(O)c1cccc(N2C(=O)[C@@H]3[C@@H](C2=O)[C@]2(c4ccccc4)C(=O)[C@@]3(c3ccccc3)C(c3ccc4c(c3)OCO4)=C2c2ccc3c(c2)OCO3)c1. The molecular weight excluding hydrogens is 662 g/mol. The maximum absolute atomic E-state index is 16.2. The number of carbonyl (C=O) groups is 4. The molecule has 4 atom stereocenters. The minimum atomic E-state index is -1.67. The summed E-state index contributed by atoms with van der Waals surface area (Å²) in [6, 6.07) is 35.0. The van der Waals surface area contributed by atoms with Crippen molar-refractivity contribution in [2.45, 2.75) is 10.8 Å². The number of fused-ring (bicyclic) bond motifs is 7. The van der Waals surface area contributed by atoms with Gasteiger partial charge in [0.1, 0.15) is 0 Å². The molecule has 1 saturated carbocycles. The highest BCUT2D eigenvalue weighted by atomic mass is 16.7. The summed E-state index contributed by atoms with van der Waals surface area (Å²) < 4.78 is 23.0. The van der Waals surface area contributed by atoms with E-state index in [4.69, 9.17) is 18.9 Å². The fourth-order valence-corrected chi connectivity index (χ4v) is 9.26. The summed E-state index contributed by atoms with van der Waals surface area (Å²) in [5.41, 5.74) is 0.175. The summed E-state index contributed by atoms with van der Waals surface area (Å²) in [5, 5.41) is 9.83. The zero-order valence-corrected chi connectivity index (χ0v) is 27.3. The number of benzene rings is 5. The Hall–Kier alpha value is -6.68. The quantitative estimate of drug-likeness (QED) is 0.213. The van der Waals surface area contributed by atoms with Gasteiger partial charge in [-0.3, -0.25) is 14.4 Å². The molecule has 52 heavy (non-hydrogen) atoms. The Kier molecular flexibility index (Phi) is 6.19. The molecule has 2 amide bonds. The first-order chi connectivity index (χ1) is 25.4. The number of ketones is 1. The molecule has 5 aliphatic rings. The van der Waals surface area contributed by atoms with Crippen molar-refractivity contribution >= 4 is 40.4 Å². The van der Waals surface area contributed by atoms with E-state index in [9.17, 15) is 9.90 Å². The van der Waals surface area contributed by atoms with Gasteiger partial charge in [-0.05, 0) is 75.9 Å². The lowest BCUT2D eigenvalue weighted by Gasteiger charge is -2.39. The van der Waals surface area contributed by atoms with Gasteiger partial charge in [-0.25, -0.2) is 9.69 Å². The van der Waals surface area contributed by atoms with Crippen molar-refractivity contribution in [1.29, 1.82) is 0 Å². The van der Waals surface area contributed by atoms with Gasteiger partial charge >= 0.3 is 5.97 Å². The zero-order chi connectivity index (χ0) is 35.4. The number of carboxylic acids is 1. The summed E-state index contributed by atoms with van der Waals surface area (Å²) in [7, 11) is 0. The predicted molar refractivity (Wildman–Crippen MR) is 186 cm³/mol. The van der Waals surface area contributed by atoms with Crippen LogP contribution in [0.1, 0.15) is 32.6 Å². The zero-order valence-electron chi connectivity index (χ0n) is 27.3. The molecule has 10 heteroatoms. The molecule has 0 unspecified atom stereocenters. The highest BCUT2D eigenvalue weighted by Crippen LogP contribution is 2.74. The van der Waals surface area contributed by atoms with Crippen molar-refractivity contribution in [2.24, 2.45) is 11.8 Å². The number of ether oxygens (including phenoxy) is 4. The molecule has 10 rings (SSSR count). The fourth-order valence-electron chi connectivity index (χ4n) is 9.26. The molecule has 1 saturated heterocycles. The van der Waals surface area contributed by atoms with Gasteiger partial charge < -0.3 is 24.1 Å². The smallest absolute Gasteiger partial charge is 0.335 e. The highest BCUT2D eigenvalue weighted by Gasteiger charge is 2.82. The van der Waals surface area contributed by atoms with Crippen LogP contribution in [0.5, 0.6) is 23.0 Å². The summed E-state index contributed by atoms with van der Waals surface area (Å²) in [4.78, 5) is 59.8. The molecule has 0 spiro atoms. The van der Waals surface area contributed by atoms with Crippen LogP contribution in [0.3, 0.4) is 0 Å². The second-order valence-corrected chi connectivity index (χ2v) is 13.4. The number of nitrogens with zero attached hydrogens (tertiary/aromatic N) is 1. The lowest BCUT2D eigenvalue weighted by atomic mass is 9.59. The molecule has 0 radical (unpaired) electrons. The number of imide groups is 1. The molecule has 10 nitrogen and oxygen atoms in total. The van der Waals surface area contributed by atoms with Crippen molar-refractivity contribution < 1.29 is 43.2 Å². The molecule has 1 N–H and O–H groups in total. The van der Waals surface area contributed by atoms with E-state index >= 15 is 14.4 Å². The summed E-state index contributed by atoms with van der Waals surface area (Å²) >= 11 is 0. The van der Waals surface area contributed by atoms with Gasteiger partial charge in [0.05, 0.1) is 33.9 Å². The van der Waals surface area contributed by atoms with Gasteiger partial charge in [-0.1, -0.05) is 78.9 Å². The maximum atomic E-state index is 16.2. The van der Waals surface area contributed by atoms with Gasteiger partial charge in [-0.15, -0.1) is 0 Å². The molecule has 2 bridgehead atoms. The molecule has 0 aromatic heterocycles. The molecular formula is C42H27NO9. The number of carbonyl (C=O) groups excluding carboxylic acids is 3. The third-order valence-corrected chi connectivity index (χ3v) is 11.1. The second kappa shape index (κ2) is 10.7. The number of rotatable bonds is 6. The van der Waals surface area contributed by atoms with E-state index in [2.05, 4.69) is 0 Å². The van der Waals surface area contributed by atoms with Crippen molar-refractivity contribution in [2.75, 3.05) is 18.5 Å². The Bertz CT molecular complexity index is 2300. The van der Waals surface area contributed by atoms with Crippen LogP contribution in [0.15, 0.2) is 121 Å². The molecule has 3 heterocycles. The van der Waals surface area contributed by atoms with Crippen LogP contribution in [0.4, 0.5) is 5.69 Å². The van der Waals surface area contributed by atoms with Gasteiger partial charge in [0, 0.05) is 0 Å². The van der Waals surface area contributed by atoms with Crippen molar-refractivity contribution in [3.8, 4) is 23.0 Å². The van der Waals surface area contributed by atoms with E-state index in [-0.39, 0.29) is 30.6 Å². The van der Waals surface area contributed by atoms with Crippen LogP contribution < -0.4 is 23.8 Å². The van der Waals surface area contributed by atoms with E-state index in [0.29, 0.717) is 56.4 Å². The number of carboxylic acid groups (broad SMARTS) is 1. The normalized spacial score (nSPS) is 24.9. The first-order valence-corrected chi connectivity index (χ1v) is 16.8. The van der Waals surface area contributed by atoms with Gasteiger partial charge in [0.2, 0.25) is 25.4 Å². The number of amides is 2. The second-order valence-electron chi connectivity index (χ2n) is 13.4. The Morgan fingerprint density at radius 1 is 0.577 bits per heavy atom. The van der Waals surface area contributed by atoms with E-state index in [1.807, 2.05) is 84.9 Å². The Labute approximate surface area is 296 Å². The first-order valence-electron chi connectivity index (χ1n) is 16.8. The Balaban J connectivity index is 1.35. The van der Waals surface area contributed by atoms with Crippen LogP contribution in [0, 0.1) is 11.8 Å². The van der Waals surface area contributed by atoms with Crippen molar-refractivity contribution in [1.82, 2.24) is 0 Å². The summed E-state index contributed by atoms with van der Waals surface area (Å²) in [6.45, 7) is 0.0667. The topological polar surface area (TPSA) is 129 Å². The van der Waals surface area contributed by atoms with E-state index < -0.39 is 40.4 Å². The molecule has 5 aromatic carbocycles. The lowest BCUT2D eigenvalue weighted by molar-refractivity contribution is -0.130. The number of aromatic carboxylic acids is 1. The predicted octanol–water partition coefficient (Wildman–Crippen LogP) is 6.03. The summed E-state index contributed by atoms with van der Waals surface area (Å²) in [6.07, 6.45) is 0. The maximum Gasteiger partial charge on any atom is 0.335 e. The number of Topliss-reactive ketones (excluding diaryl/α,β-unsaturated/α-hetero) is 1. The average Bonchev–Trinajstić information content (AvgIpc) is 3.98. The fraction of sp³-hybridized carbons (Fsp3) is 0.143. The Morgan fingerprint density at radius 2 is 1.06 bits per heavy atom. The third kappa shape index (κ3) is 3.67. The van der Waals surface area contributed by atoms with Crippen LogP contribution in [-0.4, -0.2) is 42.3 Å². The number of hydrogen-bond acceptors (Lipinski definition) is 8.